The number of aromatic amines is 1. The number of rotatable bonds is 3. The lowest BCUT2D eigenvalue weighted by atomic mass is 10.2. The van der Waals surface area contributed by atoms with Gasteiger partial charge in [0, 0.05) is 37.4 Å². The number of H-pyrrole nitrogens is 1. The number of ether oxygens (including phenoxy) is 1. The molecular formula is C20H27N7O2S. The summed E-state index contributed by atoms with van der Waals surface area (Å²) in [4.78, 5) is 7.22. The van der Waals surface area contributed by atoms with Gasteiger partial charge in [-0.15, -0.1) is 0 Å². The van der Waals surface area contributed by atoms with Crippen LogP contribution in [0.1, 0.15) is 26.2 Å². The molecule has 2 aliphatic rings. The van der Waals surface area contributed by atoms with Crippen LogP contribution in [0.25, 0.3) is 22.4 Å². The maximum Gasteiger partial charge on any atom is 0.137 e. The van der Waals surface area contributed by atoms with Gasteiger partial charge >= 0.3 is 0 Å². The van der Waals surface area contributed by atoms with Crippen LogP contribution in [-0.2, 0) is 21.5 Å². The van der Waals surface area contributed by atoms with Crippen LogP contribution < -0.4 is 4.90 Å². The molecule has 0 amide bonds. The largest absolute Gasteiger partial charge is 0.377 e. The van der Waals surface area contributed by atoms with E-state index in [4.69, 9.17) is 19.2 Å². The summed E-state index contributed by atoms with van der Waals surface area (Å²) in [6.07, 6.45) is 4.77. The molecule has 2 saturated heterocycles. The number of hydrogen-bond acceptors (Lipinski definition) is 7. The Morgan fingerprint density at radius 2 is 2.13 bits per heavy atom. The molecular weight excluding hydrogens is 402 g/mol. The summed E-state index contributed by atoms with van der Waals surface area (Å²) in [6, 6.07) is 4.06. The Hall–Kier alpha value is -2.46. The van der Waals surface area contributed by atoms with Crippen LogP contribution in [0.15, 0.2) is 22.7 Å². The maximum atomic E-state index is 13.5. The molecule has 0 bridgehead atoms. The average Bonchev–Trinajstić information content (AvgIpc) is 3.37. The fourth-order valence-corrected chi connectivity index (χ4v) is 6.50. The number of nitrogens with one attached hydrogen (secondary N) is 1. The van der Waals surface area contributed by atoms with Gasteiger partial charge in [-0.1, -0.05) is 6.42 Å². The molecule has 2 aliphatic heterocycles. The third-order valence-electron chi connectivity index (χ3n) is 5.87. The molecule has 30 heavy (non-hydrogen) atoms. The van der Waals surface area contributed by atoms with Crippen molar-refractivity contribution >= 4 is 32.3 Å². The molecule has 3 aromatic heterocycles. The van der Waals surface area contributed by atoms with E-state index in [2.05, 4.69) is 22.0 Å². The van der Waals surface area contributed by atoms with Gasteiger partial charge in [0.05, 0.1) is 34.7 Å². The molecule has 0 saturated carbocycles. The topological polar surface area (TPSA) is 101 Å². The summed E-state index contributed by atoms with van der Waals surface area (Å²) in [6.45, 7) is 4.20. The minimum atomic E-state index is -2.26. The molecule has 9 nitrogen and oxygen atoms in total. The Balaban J connectivity index is 1.75. The quantitative estimate of drug-likeness (QED) is 0.687. The van der Waals surface area contributed by atoms with Crippen molar-refractivity contribution in [1.29, 1.82) is 0 Å². The van der Waals surface area contributed by atoms with Crippen LogP contribution in [0.5, 0.6) is 0 Å². The SMILES string of the molecule is C[C@@H]1COCCN1c1cc(N=S2(=O)CCCCC2)c2c(n1)c(-c1ccn[nH]1)nn2C. The first-order valence-electron chi connectivity index (χ1n) is 10.5. The predicted molar refractivity (Wildman–Crippen MR) is 118 cm³/mol. The molecule has 0 aliphatic carbocycles. The zero-order valence-corrected chi connectivity index (χ0v) is 18.2. The zero-order valence-electron chi connectivity index (χ0n) is 17.4. The highest BCUT2D eigenvalue weighted by atomic mass is 32.2. The van der Waals surface area contributed by atoms with Crippen LogP contribution in [0.2, 0.25) is 0 Å². The third-order valence-corrected chi connectivity index (χ3v) is 8.25. The number of aryl methyl sites for hydroxylation is 1. The zero-order chi connectivity index (χ0) is 20.7. The van der Waals surface area contributed by atoms with Gasteiger partial charge in [0.25, 0.3) is 0 Å². The lowest BCUT2D eigenvalue weighted by molar-refractivity contribution is 0.0986. The van der Waals surface area contributed by atoms with E-state index in [9.17, 15) is 4.21 Å². The summed E-state index contributed by atoms with van der Waals surface area (Å²) in [5.41, 5.74) is 3.78. The van der Waals surface area contributed by atoms with Crippen LogP contribution in [0.3, 0.4) is 0 Å². The fraction of sp³-hybridized carbons (Fsp3) is 0.550. The predicted octanol–water partition coefficient (Wildman–Crippen LogP) is 2.87. The molecule has 0 spiro atoms. The number of fused-ring (bicyclic) bond motifs is 1. The summed E-state index contributed by atoms with van der Waals surface area (Å²) in [5, 5.41) is 11.8. The van der Waals surface area contributed by atoms with E-state index >= 15 is 0 Å². The van der Waals surface area contributed by atoms with Gasteiger partial charge in [0.2, 0.25) is 0 Å². The normalized spacial score (nSPS) is 21.8. The average molecular weight is 430 g/mol. The van der Waals surface area contributed by atoms with Crippen molar-refractivity contribution in [3.63, 3.8) is 0 Å². The van der Waals surface area contributed by atoms with Gasteiger partial charge < -0.3 is 9.64 Å². The second kappa shape index (κ2) is 7.66. The summed E-state index contributed by atoms with van der Waals surface area (Å²) in [7, 11) is -0.382. The monoisotopic (exact) mass is 429 g/mol. The second-order valence-corrected chi connectivity index (χ2v) is 10.6. The molecule has 1 atom stereocenters. The van der Waals surface area contributed by atoms with E-state index in [1.54, 1.807) is 10.9 Å². The molecule has 0 radical (unpaired) electrons. The van der Waals surface area contributed by atoms with E-state index in [0.717, 1.165) is 54.0 Å². The van der Waals surface area contributed by atoms with Crippen molar-refractivity contribution in [2.24, 2.45) is 11.4 Å². The lowest BCUT2D eigenvalue weighted by Gasteiger charge is -2.34. The first kappa shape index (κ1) is 19.5. The molecule has 10 heteroatoms. The first-order chi connectivity index (χ1) is 14.5. The van der Waals surface area contributed by atoms with Crippen molar-refractivity contribution in [3.8, 4) is 11.4 Å². The molecule has 0 aromatic carbocycles. The molecule has 160 valence electrons. The number of hydrogen-bond donors (Lipinski definition) is 1. The van der Waals surface area contributed by atoms with Crippen molar-refractivity contribution < 1.29 is 8.95 Å². The van der Waals surface area contributed by atoms with Crippen LogP contribution in [0.4, 0.5) is 11.5 Å². The van der Waals surface area contributed by atoms with E-state index in [-0.39, 0.29) is 6.04 Å². The minimum absolute atomic E-state index is 0.201. The summed E-state index contributed by atoms with van der Waals surface area (Å²) in [5.74, 6) is 2.14. The van der Waals surface area contributed by atoms with E-state index < -0.39 is 9.73 Å². The van der Waals surface area contributed by atoms with Gasteiger partial charge in [-0.05, 0) is 25.8 Å². The Kier molecular flexibility index (Phi) is 4.98. The van der Waals surface area contributed by atoms with Crippen molar-refractivity contribution in [2.75, 3.05) is 36.2 Å². The summed E-state index contributed by atoms with van der Waals surface area (Å²) < 4.78 is 25.7. The number of nitrogens with zero attached hydrogens (tertiary/aromatic N) is 6. The van der Waals surface area contributed by atoms with Gasteiger partial charge in [-0.3, -0.25) is 9.78 Å². The Morgan fingerprint density at radius 1 is 1.30 bits per heavy atom. The second-order valence-electron chi connectivity index (χ2n) is 8.09. The molecule has 3 aromatic rings. The van der Waals surface area contributed by atoms with E-state index in [0.29, 0.717) is 30.4 Å². The maximum absolute atomic E-state index is 13.5. The van der Waals surface area contributed by atoms with Crippen LogP contribution in [0, 0.1) is 0 Å². The fourth-order valence-electron chi connectivity index (χ4n) is 4.30. The standard InChI is InChI=1S/C20H27N7O2S/c1-14-13-29-9-8-27(14)17-12-16(25-30(28)10-4-3-5-11-30)20-19(22-17)18(24-26(20)2)15-6-7-21-23-15/h6-7,12,14H,3-5,8-11,13H2,1-2H3,(H,21,23)/t14-/m1/s1. The first-order valence-corrected chi connectivity index (χ1v) is 12.3. The Bertz CT molecular complexity index is 1170. The number of aromatic nitrogens is 5. The van der Waals surface area contributed by atoms with Crippen molar-refractivity contribution in [3.05, 3.63) is 18.3 Å². The van der Waals surface area contributed by atoms with E-state index in [1.807, 2.05) is 19.2 Å². The molecule has 2 fully saturated rings. The van der Waals surface area contributed by atoms with Crippen LogP contribution >= 0.6 is 0 Å². The minimum Gasteiger partial charge on any atom is -0.377 e. The highest BCUT2D eigenvalue weighted by molar-refractivity contribution is 7.93. The van der Waals surface area contributed by atoms with Gasteiger partial charge in [-0.25, -0.2) is 9.19 Å². The Labute approximate surface area is 176 Å². The lowest BCUT2D eigenvalue weighted by Crippen LogP contribution is -2.44. The third kappa shape index (κ3) is 3.47. The molecule has 5 heterocycles. The smallest absolute Gasteiger partial charge is 0.137 e. The van der Waals surface area contributed by atoms with Crippen LogP contribution in [-0.4, -0.2) is 66.5 Å². The van der Waals surface area contributed by atoms with E-state index in [1.165, 1.54) is 0 Å². The van der Waals surface area contributed by atoms with Gasteiger partial charge in [-0.2, -0.15) is 14.6 Å². The molecule has 0 unspecified atom stereocenters. The molecule has 1 N–H and O–H groups in total. The number of morpholine rings is 1. The summed E-state index contributed by atoms with van der Waals surface area (Å²) >= 11 is 0. The van der Waals surface area contributed by atoms with Crippen molar-refractivity contribution in [1.82, 2.24) is 25.0 Å². The highest BCUT2D eigenvalue weighted by Crippen LogP contribution is 2.36. The highest BCUT2D eigenvalue weighted by Gasteiger charge is 2.25. The molecule has 5 rings (SSSR count). The Morgan fingerprint density at radius 3 is 2.87 bits per heavy atom. The van der Waals surface area contributed by atoms with Gasteiger partial charge in [0.1, 0.15) is 28.2 Å². The number of pyridine rings is 1. The van der Waals surface area contributed by atoms with Crippen molar-refractivity contribution in [2.45, 2.75) is 32.2 Å². The van der Waals surface area contributed by atoms with Gasteiger partial charge in [0.15, 0.2) is 0 Å². The number of anilines is 1.